The van der Waals surface area contributed by atoms with E-state index in [1.807, 2.05) is 66.7 Å². The molecule has 1 N–H and O–H groups in total. The van der Waals surface area contributed by atoms with Crippen LogP contribution in [0.3, 0.4) is 0 Å². The number of fused-ring (bicyclic) bond motifs is 1. The third kappa shape index (κ3) is 4.42. The summed E-state index contributed by atoms with van der Waals surface area (Å²) in [7, 11) is 4.82. The number of ketones is 1. The van der Waals surface area contributed by atoms with Gasteiger partial charge in [-0.25, -0.2) is 0 Å². The van der Waals surface area contributed by atoms with Crippen LogP contribution in [0.25, 0.3) is 0 Å². The van der Waals surface area contributed by atoms with Crippen LogP contribution in [-0.4, -0.2) is 33.0 Å². The summed E-state index contributed by atoms with van der Waals surface area (Å²) in [5.74, 6) is 1.80. The molecular formula is C30H30N2O5. The molecule has 0 fully saturated rings. The Labute approximate surface area is 216 Å². The highest BCUT2D eigenvalue weighted by Gasteiger charge is 2.40. The van der Waals surface area contributed by atoms with E-state index in [1.165, 1.54) is 0 Å². The first-order valence-corrected chi connectivity index (χ1v) is 12.2. The highest BCUT2D eigenvalue weighted by molar-refractivity contribution is 6.06. The van der Waals surface area contributed by atoms with Gasteiger partial charge in [-0.1, -0.05) is 30.3 Å². The second kappa shape index (κ2) is 10.0. The number of nitrogens with one attached hydrogen (secondary N) is 1. The highest BCUT2D eigenvalue weighted by Crippen LogP contribution is 2.48. The number of nitrogens with zero attached hydrogens (tertiary/aromatic N) is 1. The van der Waals surface area contributed by atoms with Crippen molar-refractivity contribution < 1.29 is 23.8 Å². The Kier molecular flexibility index (Phi) is 6.61. The maximum absolute atomic E-state index is 14.0. The van der Waals surface area contributed by atoms with E-state index in [9.17, 15) is 9.59 Å². The van der Waals surface area contributed by atoms with E-state index in [-0.39, 0.29) is 17.6 Å². The maximum Gasteiger partial charge on any atom is 0.224 e. The first-order valence-electron chi connectivity index (χ1n) is 12.2. The lowest BCUT2D eigenvalue weighted by Gasteiger charge is -2.34. The Morgan fingerprint density at radius 1 is 0.865 bits per heavy atom. The number of ether oxygens (including phenoxy) is 3. The number of anilines is 2. The van der Waals surface area contributed by atoms with E-state index in [0.29, 0.717) is 35.7 Å². The lowest BCUT2D eigenvalue weighted by Crippen LogP contribution is -2.37. The van der Waals surface area contributed by atoms with Gasteiger partial charge in [0.05, 0.1) is 38.7 Å². The van der Waals surface area contributed by atoms with Gasteiger partial charge in [-0.2, -0.15) is 0 Å². The lowest BCUT2D eigenvalue weighted by atomic mass is 9.78. The van der Waals surface area contributed by atoms with Gasteiger partial charge in [-0.15, -0.1) is 0 Å². The Morgan fingerprint density at radius 3 is 2.24 bits per heavy atom. The van der Waals surface area contributed by atoms with Gasteiger partial charge in [0.25, 0.3) is 0 Å². The fourth-order valence-electron chi connectivity index (χ4n) is 5.38. The van der Waals surface area contributed by atoms with Crippen LogP contribution in [0.15, 0.2) is 78.0 Å². The zero-order valence-corrected chi connectivity index (χ0v) is 21.4. The van der Waals surface area contributed by atoms with Gasteiger partial charge in [0.1, 0.15) is 5.75 Å². The van der Waals surface area contributed by atoms with E-state index < -0.39 is 6.04 Å². The average molecular weight is 499 g/mol. The summed E-state index contributed by atoms with van der Waals surface area (Å²) < 4.78 is 16.3. The van der Waals surface area contributed by atoms with Crippen LogP contribution < -0.4 is 24.4 Å². The van der Waals surface area contributed by atoms with Crippen molar-refractivity contribution >= 4 is 23.1 Å². The summed E-state index contributed by atoms with van der Waals surface area (Å²) in [5, 5.41) is 3.53. The molecule has 7 nitrogen and oxygen atoms in total. The summed E-state index contributed by atoms with van der Waals surface area (Å²) in [6, 6.07) is 20.5. The number of rotatable bonds is 5. The number of carbonyl (C=O) groups excluding carboxylic acids is 2. The topological polar surface area (TPSA) is 77.1 Å². The minimum absolute atomic E-state index is 0.00779. The summed E-state index contributed by atoms with van der Waals surface area (Å²) in [4.78, 5) is 28.8. The molecule has 2 unspecified atom stereocenters. The van der Waals surface area contributed by atoms with Crippen molar-refractivity contribution in [1.29, 1.82) is 0 Å². The fourth-order valence-corrected chi connectivity index (χ4v) is 5.38. The Balaban J connectivity index is 1.65. The molecule has 0 bridgehead atoms. The molecular weight excluding hydrogens is 468 g/mol. The van der Waals surface area contributed by atoms with E-state index in [1.54, 1.807) is 33.2 Å². The number of carbonyl (C=O) groups is 2. The SMILES string of the molecule is COc1ccc(C2C3=C(CC(c4ccc(OC)c(OC)c4)CC3=O)Nc3ccccc3N2C(C)=O)cc1. The van der Waals surface area contributed by atoms with Crippen LogP contribution >= 0.6 is 0 Å². The Morgan fingerprint density at radius 2 is 1.57 bits per heavy atom. The van der Waals surface area contributed by atoms with Gasteiger partial charge in [0.15, 0.2) is 17.3 Å². The molecule has 0 aromatic heterocycles. The van der Waals surface area contributed by atoms with Crippen molar-refractivity contribution in [3.05, 3.63) is 89.1 Å². The first kappa shape index (κ1) is 24.4. The van der Waals surface area contributed by atoms with E-state index in [2.05, 4.69) is 5.32 Å². The van der Waals surface area contributed by atoms with Crippen LogP contribution in [0.2, 0.25) is 0 Å². The van der Waals surface area contributed by atoms with Gasteiger partial charge in [0.2, 0.25) is 5.91 Å². The van der Waals surface area contributed by atoms with Crippen molar-refractivity contribution in [2.45, 2.75) is 31.7 Å². The minimum atomic E-state index is -0.562. The Bertz CT molecular complexity index is 1380. The van der Waals surface area contributed by atoms with E-state index in [4.69, 9.17) is 14.2 Å². The van der Waals surface area contributed by atoms with Gasteiger partial charge < -0.3 is 19.5 Å². The van der Waals surface area contributed by atoms with Crippen LogP contribution in [0, 0.1) is 0 Å². The maximum atomic E-state index is 14.0. The fraction of sp³-hybridized carbons (Fsp3) is 0.267. The summed E-state index contributed by atoms with van der Waals surface area (Å²) in [6.45, 7) is 1.54. The normalized spacial score (nSPS) is 18.8. The molecule has 37 heavy (non-hydrogen) atoms. The smallest absolute Gasteiger partial charge is 0.224 e. The van der Waals surface area contributed by atoms with Gasteiger partial charge in [-0.05, 0) is 59.9 Å². The molecule has 0 radical (unpaired) electrons. The third-order valence-corrected chi connectivity index (χ3v) is 7.14. The van der Waals surface area contributed by atoms with Crippen molar-refractivity contribution in [2.24, 2.45) is 0 Å². The average Bonchev–Trinajstić information content (AvgIpc) is 3.07. The van der Waals surface area contributed by atoms with Crippen molar-refractivity contribution in [1.82, 2.24) is 0 Å². The molecule has 3 aromatic carbocycles. The highest BCUT2D eigenvalue weighted by atomic mass is 16.5. The molecule has 1 amide bonds. The van der Waals surface area contributed by atoms with Crippen molar-refractivity contribution in [3.8, 4) is 17.2 Å². The number of benzene rings is 3. The molecule has 3 aromatic rings. The van der Waals surface area contributed by atoms with Gasteiger partial charge >= 0.3 is 0 Å². The predicted molar refractivity (Wildman–Crippen MR) is 143 cm³/mol. The largest absolute Gasteiger partial charge is 0.497 e. The zero-order chi connectivity index (χ0) is 26.1. The lowest BCUT2D eigenvalue weighted by molar-refractivity contribution is -0.117. The number of methoxy groups -OCH3 is 3. The summed E-state index contributed by atoms with van der Waals surface area (Å²) in [6.07, 6.45) is 0.939. The third-order valence-electron chi connectivity index (χ3n) is 7.14. The molecule has 1 heterocycles. The molecule has 0 spiro atoms. The van der Waals surface area contributed by atoms with Crippen LogP contribution in [0.5, 0.6) is 17.2 Å². The molecule has 2 aliphatic rings. The zero-order valence-electron chi connectivity index (χ0n) is 21.4. The molecule has 0 saturated heterocycles. The predicted octanol–water partition coefficient (Wildman–Crippen LogP) is 5.63. The Hall–Kier alpha value is -4.26. The summed E-state index contributed by atoms with van der Waals surface area (Å²) >= 11 is 0. The van der Waals surface area contributed by atoms with Crippen LogP contribution in [0.4, 0.5) is 11.4 Å². The minimum Gasteiger partial charge on any atom is -0.497 e. The number of amides is 1. The molecule has 0 saturated carbocycles. The molecule has 190 valence electrons. The van der Waals surface area contributed by atoms with Gasteiger partial charge in [0, 0.05) is 24.6 Å². The number of Topliss-reactive ketones (excluding diaryl/α,β-unsaturated/α-hetero) is 1. The molecule has 5 rings (SSSR count). The molecule has 1 aliphatic heterocycles. The molecule has 7 heteroatoms. The van der Waals surface area contributed by atoms with E-state index >= 15 is 0 Å². The standard InChI is InChI=1S/C30H30N2O5/c1-18(33)32-25-8-6-5-7-23(25)31-24-15-21(20-11-14-27(36-3)28(17-20)37-4)16-26(34)29(24)30(32)19-9-12-22(35-2)13-10-19/h5-14,17,21,30-31H,15-16H2,1-4H3. The molecule has 2 atom stereocenters. The number of allylic oxidation sites excluding steroid dienone is 1. The molecule has 1 aliphatic carbocycles. The number of hydrogen-bond donors (Lipinski definition) is 1. The van der Waals surface area contributed by atoms with E-state index in [0.717, 1.165) is 28.2 Å². The monoisotopic (exact) mass is 498 g/mol. The summed E-state index contributed by atoms with van der Waals surface area (Å²) in [5.41, 5.74) is 4.82. The second-order valence-corrected chi connectivity index (χ2v) is 9.24. The van der Waals surface area contributed by atoms with Gasteiger partial charge in [-0.3, -0.25) is 14.5 Å². The quantitative estimate of drug-likeness (QED) is 0.491. The number of hydrogen-bond acceptors (Lipinski definition) is 6. The first-order chi connectivity index (χ1) is 17.9. The van der Waals surface area contributed by atoms with Crippen LogP contribution in [0.1, 0.15) is 42.9 Å². The van der Waals surface area contributed by atoms with Crippen LogP contribution in [-0.2, 0) is 9.59 Å². The second-order valence-electron chi connectivity index (χ2n) is 9.24. The van der Waals surface area contributed by atoms with Crippen molar-refractivity contribution in [3.63, 3.8) is 0 Å². The van der Waals surface area contributed by atoms with Crippen molar-refractivity contribution in [2.75, 3.05) is 31.5 Å². The number of para-hydroxylation sites is 2.